The first kappa shape index (κ1) is 18.0. The van der Waals surface area contributed by atoms with Crippen LogP contribution in [0.3, 0.4) is 0 Å². The molecule has 128 valence electrons. The molecule has 4 nitrogen and oxygen atoms in total. The van der Waals surface area contributed by atoms with Gasteiger partial charge in [-0.05, 0) is 53.7 Å². The molecular formula is C19H29NO3. The quantitative estimate of drug-likeness (QED) is 0.780. The summed E-state index contributed by atoms with van der Waals surface area (Å²) in [6.07, 6.45) is 1.51. The molecule has 23 heavy (non-hydrogen) atoms. The zero-order chi connectivity index (χ0) is 17.3. The van der Waals surface area contributed by atoms with Crippen molar-refractivity contribution in [3.05, 3.63) is 35.9 Å². The molecule has 0 saturated carbocycles. The summed E-state index contributed by atoms with van der Waals surface area (Å²) in [5, 5.41) is 2.08. The second-order valence-corrected chi connectivity index (χ2v) is 7.88. The second-order valence-electron chi connectivity index (χ2n) is 7.88. The van der Waals surface area contributed by atoms with E-state index in [1.807, 2.05) is 32.0 Å². The van der Waals surface area contributed by atoms with Crippen molar-refractivity contribution in [1.29, 1.82) is 0 Å². The molecule has 4 heteroatoms. The zero-order valence-electron chi connectivity index (χ0n) is 15.1. The number of carbonyl (C=O) groups excluding carboxylic acids is 1. The van der Waals surface area contributed by atoms with Crippen molar-refractivity contribution in [2.45, 2.75) is 77.7 Å². The van der Waals surface area contributed by atoms with Crippen molar-refractivity contribution in [1.82, 2.24) is 5.06 Å². The van der Waals surface area contributed by atoms with E-state index in [-0.39, 0.29) is 29.3 Å². The number of ether oxygens (including phenoxy) is 1. The predicted molar refractivity (Wildman–Crippen MR) is 91.1 cm³/mol. The van der Waals surface area contributed by atoms with Crippen LogP contribution in [-0.2, 0) is 9.57 Å². The standard InChI is InChI=1S/C19H29NO3/c1-14(2)23-20-18(3,4)12-16(13-19(20,5)6)22-17(21)15-10-8-7-9-11-15/h7-11,14,16H,12-13H2,1-6H3. The minimum Gasteiger partial charge on any atom is -0.459 e. The number of piperidine rings is 1. The summed E-state index contributed by atoms with van der Waals surface area (Å²) < 4.78 is 5.78. The molecule has 0 aromatic heterocycles. The average Bonchev–Trinajstić information content (AvgIpc) is 2.43. The minimum absolute atomic E-state index is 0.111. The lowest BCUT2D eigenvalue weighted by atomic mass is 9.80. The number of hydrogen-bond donors (Lipinski definition) is 0. The lowest BCUT2D eigenvalue weighted by Gasteiger charge is -2.53. The van der Waals surface area contributed by atoms with Crippen molar-refractivity contribution >= 4 is 5.97 Å². The summed E-state index contributed by atoms with van der Waals surface area (Å²) in [7, 11) is 0. The van der Waals surface area contributed by atoms with Gasteiger partial charge >= 0.3 is 5.97 Å². The molecule has 0 spiro atoms. The van der Waals surface area contributed by atoms with Gasteiger partial charge in [-0.1, -0.05) is 18.2 Å². The van der Waals surface area contributed by atoms with Crippen LogP contribution < -0.4 is 0 Å². The van der Waals surface area contributed by atoms with E-state index in [0.717, 1.165) is 12.8 Å². The van der Waals surface area contributed by atoms with Gasteiger partial charge in [-0.25, -0.2) is 4.79 Å². The van der Waals surface area contributed by atoms with Crippen molar-refractivity contribution < 1.29 is 14.4 Å². The predicted octanol–water partition coefficient (Wildman–Crippen LogP) is 4.21. The van der Waals surface area contributed by atoms with Crippen LogP contribution in [-0.4, -0.2) is 34.3 Å². The molecule has 0 unspecified atom stereocenters. The number of carbonyl (C=O) groups is 1. The summed E-state index contributed by atoms with van der Waals surface area (Å²) >= 11 is 0. The Morgan fingerprint density at radius 2 is 1.61 bits per heavy atom. The largest absolute Gasteiger partial charge is 0.459 e. The molecule has 0 aliphatic carbocycles. The fourth-order valence-electron chi connectivity index (χ4n) is 3.54. The Labute approximate surface area is 139 Å². The SMILES string of the molecule is CC(C)ON1C(C)(C)CC(OC(=O)c2ccccc2)CC1(C)C. The molecule has 0 atom stereocenters. The Kier molecular flexibility index (Phi) is 5.17. The van der Waals surface area contributed by atoms with Crippen LogP contribution in [0.5, 0.6) is 0 Å². The van der Waals surface area contributed by atoms with Crippen molar-refractivity contribution in [3.8, 4) is 0 Å². The van der Waals surface area contributed by atoms with Gasteiger partial charge in [-0.2, -0.15) is 5.06 Å². The molecule has 1 aliphatic rings. The molecule has 1 aromatic rings. The lowest BCUT2D eigenvalue weighted by molar-refractivity contribution is -0.308. The highest BCUT2D eigenvalue weighted by molar-refractivity contribution is 5.89. The van der Waals surface area contributed by atoms with Crippen LogP contribution in [0.25, 0.3) is 0 Å². The van der Waals surface area contributed by atoms with E-state index in [9.17, 15) is 4.79 Å². The molecule has 2 rings (SSSR count). The number of hydroxylamine groups is 2. The number of nitrogens with zero attached hydrogens (tertiary/aromatic N) is 1. The monoisotopic (exact) mass is 319 g/mol. The number of rotatable bonds is 4. The Morgan fingerprint density at radius 3 is 2.09 bits per heavy atom. The maximum atomic E-state index is 12.3. The lowest BCUT2D eigenvalue weighted by Crippen LogP contribution is -2.62. The summed E-state index contributed by atoms with van der Waals surface area (Å²) in [5.41, 5.74) is 0.199. The summed E-state index contributed by atoms with van der Waals surface area (Å²) in [5.74, 6) is -0.250. The average molecular weight is 319 g/mol. The van der Waals surface area contributed by atoms with Crippen molar-refractivity contribution in [3.63, 3.8) is 0 Å². The van der Waals surface area contributed by atoms with Gasteiger partial charge in [0, 0.05) is 23.9 Å². The van der Waals surface area contributed by atoms with E-state index in [0.29, 0.717) is 5.56 Å². The third kappa shape index (κ3) is 4.33. The van der Waals surface area contributed by atoms with E-state index in [1.165, 1.54) is 0 Å². The zero-order valence-corrected chi connectivity index (χ0v) is 15.1. The van der Waals surface area contributed by atoms with Gasteiger partial charge in [0.05, 0.1) is 11.7 Å². The van der Waals surface area contributed by atoms with Gasteiger partial charge in [0.1, 0.15) is 6.10 Å². The Balaban J connectivity index is 2.11. The molecule has 1 fully saturated rings. The Hall–Kier alpha value is -1.39. The maximum absolute atomic E-state index is 12.3. The molecule has 1 saturated heterocycles. The smallest absolute Gasteiger partial charge is 0.338 e. The van der Waals surface area contributed by atoms with Crippen LogP contribution in [0.2, 0.25) is 0 Å². The third-order valence-electron chi connectivity index (χ3n) is 4.15. The molecule has 0 amide bonds. The highest BCUT2D eigenvalue weighted by atomic mass is 16.7. The normalized spacial score (nSPS) is 21.3. The number of hydrogen-bond acceptors (Lipinski definition) is 4. The first-order chi connectivity index (χ1) is 10.6. The van der Waals surface area contributed by atoms with Crippen LogP contribution in [0.4, 0.5) is 0 Å². The maximum Gasteiger partial charge on any atom is 0.338 e. The Bertz CT molecular complexity index is 519. The molecule has 0 radical (unpaired) electrons. The first-order valence-electron chi connectivity index (χ1n) is 8.35. The topological polar surface area (TPSA) is 38.8 Å². The number of benzene rings is 1. The Morgan fingerprint density at radius 1 is 1.09 bits per heavy atom. The molecule has 1 heterocycles. The van der Waals surface area contributed by atoms with Gasteiger partial charge < -0.3 is 4.74 Å². The fourth-order valence-corrected chi connectivity index (χ4v) is 3.54. The summed E-state index contributed by atoms with van der Waals surface area (Å²) in [4.78, 5) is 18.4. The van der Waals surface area contributed by atoms with Gasteiger partial charge in [-0.3, -0.25) is 4.84 Å². The highest BCUT2D eigenvalue weighted by Gasteiger charge is 2.48. The fraction of sp³-hybridized carbons (Fsp3) is 0.632. The van der Waals surface area contributed by atoms with Gasteiger partial charge in [-0.15, -0.1) is 0 Å². The van der Waals surface area contributed by atoms with Gasteiger partial charge in [0.2, 0.25) is 0 Å². The molecule has 1 aromatic carbocycles. The molecule has 0 bridgehead atoms. The second kappa shape index (κ2) is 6.62. The van der Waals surface area contributed by atoms with E-state index in [1.54, 1.807) is 12.1 Å². The third-order valence-corrected chi connectivity index (χ3v) is 4.15. The minimum atomic E-state index is -0.250. The molecular weight excluding hydrogens is 290 g/mol. The van der Waals surface area contributed by atoms with Crippen molar-refractivity contribution in [2.24, 2.45) is 0 Å². The van der Waals surface area contributed by atoms with Crippen molar-refractivity contribution in [2.75, 3.05) is 0 Å². The van der Waals surface area contributed by atoms with E-state index in [2.05, 4.69) is 32.8 Å². The van der Waals surface area contributed by atoms with E-state index in [4.69, 9.17) is 9.57 Å². The summed E-state index contributed by atoms with van der Waals surface area (Å²) in [6.45, 7) is 12.6. The van der Waals surface area contributed by atoms with Gasteiger partial charge in [0.15, 0.2) is 0 Å². The van der Waals surface area contributed by atoms with Gasteiger partial charge in [0.25, 0.3) is 0 Å². The van der Waals surface area contributed by atoms with Crippen LogP contribution in [0, 0.1) is 0 Å². The molecule has 0 N–H and O–H groups in total. The van der Waals surface area contributed by atoms with Crippen LogP contribution in [0.15, 0.2) is 30.3 Å². The van der Waals surface area contributed by atoms with Crippen LogP contribution >= 0.6 is 0 Å². The first-order valence-corrected chi connectivity index (χ1v) is 8.35. The van der Waals surface area contributed by atoms with Crippen LogP contribution in [0.1, 0.15) is 64.7 Å². The van der Waals surface area contributed by atoms with E-state index >= 15 is 0 Å². The highest BCUT2D eigenvalue weighted by Crippen LogP contribution is 2.40. The van der Waals surface area contributed by atoms with E-state index < -0.39 is 0 Å². The molecule has 1 aliphatic heterocycles. The summed E-state index contributed by atoms with van der Waals surface area (Å²) in [6, 6.07) is 9.17. The number of esters is 1.